The Morgan fingerprint density at radius 2 is 1.79 bits per heavy atom. The number of imide groups is 1. The third-order valence-corrected chi connectivity index (χ3v) is 7.97. The summed E-state index contributed by atoms with van der Waals surface area (Å²) in [6.07, 6.45) is 1.33. The van der Waals surface area contributed by atoms with Crippen LogP contribution in [-0.4, -0.2) is 64.5 Å². The number of carbonyl (C=O) groups is 3. The van der Waals surface area contributed by atoms with Gasteiger partial charge >= 0.3 is 6.03 Å². The first-order valence-corrected chi connectivity index (χ1v) is 12.1. The van der Waals surface area contributed by atoms with Gasteiger partial charge in [0.05, 0.1) is 28.8 Å². The van der Waals surface area contributed by atoms with Gasteiger partial charge in [-0.3, -0.25) is 19.8 Å². The number of benzene rings is 2. The van der Waals surface area contributed by atoms with Crippen molar-refractivity contribution in [3.8, 4) is 0 Å². The highest BCUT2D eigenvalue weighted by molar-refractivity contribution is 6.43. The molecular formula is C24H23Cl2N5O3. The zero-order valence-corrected chi connectivity index (χ0v) is 19.8. The van der Waals surface area contributed by atoms with Crippen LogP contribution in [0.4, 0.5) is 10.5 Å². The Hall–Kier alpha value is -2.81. The molecule has 2 aromatic rings. The Morgan fingerprint density at radius 1 is 1.00 bits per heavy atom. The molecule has 2 aromatic carbocycles. The Morgan fingerprint density at radius 3 is 2.56 bits per heavy atom. The number of fused-ring (bicyclic) bond motifs is 3. The molecule has 10 heteroatoms. The van der Waals surface area contributed by atoms with Crippen molar-refractivity contribution in [2.75, 3.05) is 24.5 Å². The molecule has 0 spiro atoms. The molecule has 2 bridgehead atoms. The molecular weight excluding hydrogens is 477 g/mol. The first-order valence-electron chi connectivity index (χ1n) is 11.4. The van der Waals surface area contributed by atoms with Crippen LogP contribution in [0.25, 0.3) is 0 Å². The Bertz CT molecular complexity index is 1210. The van der Waals surface area contributed by atoms with Gasteiger partial charge < -0.3 is 4.90 Å². The lowest BCUT2D eigenvalue weighted by Gasteiger charge is -2.58. The fourth-order valence-electron chi connectivity index (χ4n) is 5.61. The number of piperidine rings is 1. The summed E-state index contributed by atoms with van der Waals surface area (Å²) in [5.41, 5.74) is 3.66. The average Bonchev–Trinajstić information content (AvgIpc) is 3.12. The van der Waals surface area contributed by atoms with Gasteiger partial charge in [0.25, 0.3) is 5.91 Å². The van der Waals surface area contributed by atoms with E-state index in [2.05, 4.69) is 21.2 Å². The Labute approximate surface area is 206 Å². The summed E-state index contributed by atoms with van der Waals surface area (Å²) in [4.78, 5) is 41.3. The minimum Gasteiger partial charge on any atom is -0.362 e. The predicted molar refractivity (Wildman–Crippen MR) is 128 cm³/mol. The van der Waals surface area contributed by atoms with Crippen molar-refractivity contribution in [2.45, 2.75) is 38.0 Å². The van der Waals surface area contributed by atoms with E-state index in [4.69, 9.17) is 23.2 Å². The molecule has 0 radical (unpaired) electrons. The summed E-state index contributed by atoms with van der Waals surface area (Å²) in [6, 6.07) is 11.9. The van der Waals surface area contributed by atoms with Gasteiger partial charge in [0.1, 0.15) is 0 Å². The maximum absolute atomic E-state index is 12.9. The molecule has 5 heterocycles. The van der Waals surface area contributed by atoms with Crippen molar-refractivity contribution in [1.29, 1.82) is 0 Å². The van der Waals surface area contributed by atoms with Crippen molar-refractivity contribution < 1.29 is 14.4 Å². The lowest BCUT2D eigenvalue weighted by Crippen LogP contribution is -2.68. The standard InChI is InChI=1S/C24H23Cl2N5O3/c25-19-2-1-3-20(22(19)26)31-16-9-17(31)13-28(12-16)10-14-4-5-18-15(8-14)11-30(23(18)33)29-7-6-21(32)27-24(29)34/h1-5,8,16-17H,6-7,9-13H2,(H,27,32,34). The smallest absolute Gasteiger partial charge is 0.342 e. The first kappa shape index (κ1) is 21.7. The minimum absolute atomic E-state index is 0.186. The third-order valence-electron chi connectivity index (χ3n) is 7.16. The van der Waals surface area contributed by atoms with Crippen LogP contribution < -0.4 is 10.2 Å². The van der Waals surface area contributed by atoms with Gasteiger partial charge in [0, 0.05) is 43.7 Å². The Kier molecular flexibility index (Phi) is 5.20. The number of hydrogen-bond donors (Lipinski definition) is 1. The van der Waals surface area contributed by atoms with Gasteiger partial charge in [-0.1, -0.05) is 41.4 Å². The maximum atomic E-state index is 12.9. The molecule has 4 saturated heterocycles. The van der Waals surface area contributed by atoms with Gasteiger partial charge in [-0.05, 0) is 35.7 Å². The lowest BCUT2D eigenvalue weighted by atomic mass is 9.86. The number of halogens is 2. The second-order valence-corrected chi connectivity index (χ2v) is 10.1. The van der Waals surface area contributed by atoms with Crippen LogP contribution in [0.1, 0.15) is 34.3 Å². The normalized spacial score (nSPS) is 24.3. The second kappa shape index (κ2) is 8.15. The van der Waals surface area contributed by atoms with Crippen molar-refractivity contribution >= 4 is 46.7 Å². The van der Waals surface area contributed by atoms with Gasteiger partial charge in [0.15, 0.2) is 0 Å². The summed E-state index contributed by atoms with van der Waals surface area (Å²) in [5.74, 6) is -0.525. The topological polar surface area (TPSA) is 76.2 Å². The number of piperazine rings is 1. The zero-order chi connectivity index (χ0) is 23.6. The van der Waals surface area contributed by atoms with E-state index < -0.39 is 6.03 Å². The molecule has 34 heavy (non-hydrogen) atoms. The van der Waals surface area contributed by atoms with Crippen molar-refractivity contribution in [3.05, 3.63) is 63.1 Å². The summed E-state index contributed by atoms with van der Waals surface area (Å²) in [7, 11) is 0. The van der Waals surface area contributed by atoms with E-state index >= 15 is 0 Å². The molecule has 4 amide bonds. The highest BCUT2D eigenvalue weighted by Crippen LogP contribution is 2.42. The number of nitrogens with one attached hydrogen (secondary N) is 1. The molecule has 0 saturated carbocycles. The third kappa shape index (κ3) is 3.52. The molecule has 2 unspecified atom stereocenters. The molecule has 5 aliphatic heterocycles. The molecule has 0 aromatic heterocycles. The van der Waals surface area contributed by atoms with Crippen molar-refractivity contribution in [2.24, 2.45) is 0 Å². The molecule has 7 rings (SSSR count). The minimum atomic E-state index is -0.547. The van der Waals surface area contributed by atoms with Gasteiger partial charge in [0.2, 0.25) is 5.91 Å². The van der Waals surface area contributed by atoms with Crippen LogP contribution in [0.3, 0.4) is 0 Å². The van der Waals surface area contributed by atoms with Gasteiger partial charge in [-0.2, -0.15) is 0 Å². The number of nitrogens with zero attached hydrogens (tertiary/aromatic N) is 4. The monoisotopic (exact) mass is 499 g/mol. The summed E-state index contributed by atoms with van der Waals surface area (Å²) >= 11 is 12.7. The number of amides is 4. The molecule has 1 N–H and O–H groups in total. The van der Waals surface area contributed by atoms with E-state index in [1.54, 1.807) is 0 Å². The van der Waals surface area contributed by atoms with E-state index in [0.717, 1.165) is 42.9 Å². The molecule has 176 valence electrons. The number of rotatable bonds is 4. The fourth-order valence-corrected chi connectivity index (χ4v) is 6.00. The summed E-state index contributed by atoms with van der Waals surface area (Å²) in [5, 5.41) is 6.23. The van der Waals surface area contributed by atoms with Crippen LogP contribution in [0.2, 0.25) is 10.0 Å². The molecule has 8 nitrogen and oxygen atoms in total. The van der Waals surface area contributed by atoms with Crippen LogP contribution in [-0.2, 0) is 17.9 Å². The number of anilines is 1. The number of carbonyl (C=O) groups excluding carboxylic acids is 3. The average molecular weight is 500 g/mol. The van der Waals surface area contributed by atoms with E-state index in [1.165, 1.54) is 10.0 Å². The molecule has 0 aliphatic carbocycles. The van der Waals surface area contributed by atoms with Crippen molar-refractivity contribution in [3.63, 3.8) is 0 Å². The number of urea groups is 1. The predicted octanol–water partition coefficient (Wildman–Crippen LogP) is 3.27. The quantitative estimate of drug-likeness (QED) is 0.698. The summed E-state index contributed by atoms with van der Waals surface area (Å²) in [6.45, 7) is 3.20. The largest absolute Gasteiger partial charge is 0.362 e. The molecule has 2 atom stereocenters. The van der Waals surface area contributed by atoms with Crippen LogP contribution in [0, 0.1) is 0 Å². The van der Waals surface area contributed by atoms with E-state index in [0.29, 0.717) is 34.2 Å². The van der Waals surface area contributed by atoms with Crippen LogP contribution in [0.5, 0.6) is 0 Å². The van der Waals surface area contributed by atoms with Gasteiger partial charge in [-0.15, -0.1) is 0 Å². The number of hydrazine groups is 1. The molecule has 5 aliphatic rings. The van der Waals surface area contributed by atoms with E-state index in [9.17, 15) is 14.4 Å². The zero-order valence-electron chi connectivity index (χ0n) is 18.3. The SMILES string of the molecule is O=C1CCN(N2Cc3cc(CN4CC5CC(C4)N5c4cccc(Cl)c4Cl)ccc3C2=O)C(=O)N1. The fraction of sp³-hybridized carbons (Fsp3) is 0.375. The molecule has 4 fully saturated rings. The first-order chi connectivity index (χ1) is 16.4. The maximum Gasteiger partial charge on any atom is 0.342 e. The second-order valence-electron chi connectivity index (χ2n) is 9.30. The highest BCUT2D eigenvalue weighted by atomic mass is 35.5. The van der Waals surface area contributed by atoms with Crippen LogP contribution in [0.15, 0.2) is 36.4 Å². The number of hydrogen-bond acceptors (Lipinski definition) is 5. The van der Waals surface area contributed by atoms with E-state index in [-0.39, 0.29) is 24.8 Å². The lowest BCUT2D eigenvalue weighted by molar-refractivity contribution is -0.123. The van der Waals surface area contributed by atoms with Gasteiger partial charge in [-0.25, -0.2) is 14.8 Å². The highest BCUT2D eigenvalue weighted by Gasteiger charge is 2.45. The van der Waals surface area contributed by atoms with Crippen LogP contribution >= 0.6 is 23.2 Å². The van der Waals surface area contributed by atoms with Crippen molar-refractivity contribution in [1.82, 2.24) is 20.2 Å². The Balaban J connectivity index is 1.13. The van der Waals surface area contributed by atoms with E-state index in [1.807, 2.05) is 30.3 Å². The summed E-state index contributed by atoms with van der Waals surface area (Å²) < 4.78 is 0.